The Bertz CT molecular complexity index is 1020. The minimum absolute atomic E-state index is 0.0212. The molecule has 5 rings (SSSR count). The third kappa shape index (κ3) is 4.06. The zero-order valence-corrected chi connectivity index (χ0v) is 18.3. The highest BCUT2D eigenvalue weighted by atomic mass is 16.5. The molecule has 0 unspecified atom stereocenters. The lowest BCUT2D eigenvalue weighted by molar-refractivity contribution is -0.135. The molecule has 31 heavy (non-hydrogen) atoms. The maximum atomic E-state index is 13.3. The monoisotopic (exact) mass is 425 g/mol. The first-order chi connectivity index (χ1) is 15.0. The van der Waals surface area contributed by atoms with Crippen LogP contribution in [0.3, 0.4) is 0 Å². The van der Waals surface area contributed by atoms with Gasteiger partial charge in [-0.25, -0.2) is 0 Å². The van der Waals surface area contributed by atoms with Crippen LogP contribution in [-0.4, -0.2) is 58.2 Å². The Balaban J connectivity index is 1.31. The number of carbonyl (C=O) groups is 1. The smallest absolute Gasteiger partial charge is 0.255 e. The number of nitrogens with one attached hydrogen (secondary N) is 1. The first-order valence-electron chi connectivity index (χ1n) is 11.3. The van der Waals surface area contributed by atoms with Gasteiger partial charge in [0.1, 0.15) is 0 Å². The van der Waals surface area contributed by atoms with Gasteiger partial charge < -0.3 is 19.3 Å². The van der Waals surface area contributed by atoms with Crippen LogP contribution in [0.1, 0.15) is 47.9 Å². The Morgan fingerprint density at radius 2 is 2.16 bits per heavy atom. The van der Waals surface area contributed by atoms with Crippen LogP contribution in [0.15, 0.2) is 27.5 Å². The topological polar surface area (TPSA) is 83.6 Å². The molecule has 2 fully saturated rings. The molecule has 3 atom stereocenters. The number of fused-ring (bicyclic) bond motifs is 4. The number of likely N-dealkylation sites (tertiary alicyclic amines) is 1. The number of aromatic nitrogens is 2. The predicted octanol–water partition coefficient (Wildman–Crippen LogP) is 1.47. The number of nitrogens with zero attached hydrogens (tertiary/aromatic N) is 4. The van der Waals surface area contributed by atoms with Gasteiger partial charge in [0.05, 0.1) is 18.3 Å². The quantitative estimate of drug-likeness (QED) is 0.781. The van der Waals surface area contributed by atoms with Gasteiger partial charge >= 0.3 is 0 Å². The molecule has 0 saturated carbocycles. The number of piperidine rings is 1. The van der Waals surface area contributed by atoms with Crippen molar-refractivity contribution >= 4 is 5.91 Å². The van der Waals surface area contributed by atoms with Gasteiger partial charge in [-0.05, 0) is 51.8 Å². The maximum absolute atomic E-state index is 13.3. The minimum Gasteiger partial charge on any atom is -0.360 e. The van der Waals surface area contributed by atoms with Crippen LogP contribution in [0.25, 0.3) is 0 Å². The molecule has 0 aliphatic carbocycles. The molecule has 8 nitrogen and oxygen atoms in total. The molecule has 3 aliphatic rings. The first-order valence-corrected chi connectivity index (χ1v) is 11.3. The van der Waals surface area contributed by atoms with Crippen molar-refractivity contribution in [1.82, 2.24) is 24.8 Å². The zero-order chi connectivity index (χ0) is 21.5. The highest BCUT2D eigenvalue weighted by Gasteiger charge is 2.38. The summed E-state index contributed by atoms with van der Waals surface area (Å²) in [6, 6.07) is 5.97. The molecule has 8 heteroatoms. The number of carbonyl (C=O) groups excluding carboxylic acids is 1. The van der Waals surface area contributed by atoms with Crippen LogP contribution in [0.2, 0.25) is 0 Å². The van der Waals surface area contributed by atoms with E-state index in [9.17, 15) is 9.59 Å². The van der Waals surface area contributed by atoms with Gasteiger partial charge in [0.2, 0.25) is 5.91 Å². The molecule has 0 aromatic carbocycles. The minimum atomic E-state index is -0.0212. The number of rotatable bonds is 5. The Morgan fingerprint density at radius 3 is 2.90 bits per heavy atom. The molecular weight excluding hydrogens is 394 g/mol. The normalized spacial score (nSPS) is 25.1. The second kappa shape index (κ2) is 8.24. The second-order valence-corrected chi connectivity index (χ2v) is 9.50. The van der Waals surface area contributed by atoms with Crippen molar-refractivity contribution in [2.45, 2.75) is 57.8 Å². The Labute approximate surface area is 182 Å². The van der Waals surface area contributed by atoms with Crippen molar-refractivity contribution in [3.63, 3.8) is 0 Å². The van der Waals surface area contributed by atoms with Crippen molar-refractivity contribution in [3.05, 3.63) is 51.3 Å². The van der Waals surface area contributed by atoms with E-state index in [0.29, 0.717) is 25.6 Å². The van der Waals surface area contributed by atoms with Gasteiger partial charge in [-0.2, -0.15) is 0 Å². The lowest BCUT2D eigenvalue weighted by atomic mass is 9.82. The van der Waals surface area contributed by atoms with E-state index in [4.69, 9.17) is 4.52 Å². The summed E-state index contributed by atoms with van der Waals surface area (Å²) in [5.41, 5.74) is 2.84. The van der Waals surface area contributed by atoms with Crippen LogP contribution in [0, 0.1) is 12.8 Å². The van der Waals surface area contributed by atoms with Crippen molar-refractivity contribution < 1.29 is 9.32 Å². The van der Waals surface area contributed by atoms with Gasteiger partial charge in [0, 0.05) is 49.4 Å². The summed E-state index contributed by atoms with van der Waals surface area (Å²) in [6.45, 7) is 6.18. The maximum Gasteiger partial charge on any atom is 0.255 e. The van der Waals surface area contributed by atoms with Crippen LogP contribution in [0.4, 0.5) is 0 Å². The lowest BCUT2D eigenvalue weighted by Gasteiger charge is -2.43. The van der Waals surface area contributed by atoms with E-state index in [2.05, 4.69) is 21.4 Å². The summed E-state index contributed by atoms with van der Waals surface area (Å²) in [6.07, 6.45) is 3.07. The number of hydrogen-bond donors (Lipinski definition) is 1. The number of aryl methyl sites for hydroxylation is 1. The Morgan fingerprint density at radius 1 is 1.29 bits per heavy atom. The van der Waals surface area contributed by atoms with E-state index in [0.717, 1.165) is 61.6 Å². The van der Waals surface area contributed by atoms with Crippen LogP contribution in [-0.2, 0) is 24.4 Å². The summed E-state index contributed by atoms with van der Waals surface area (Å²) in [4.78, 5) is 30.3. The molecule has 2 aromatic rings. The molecule has 0 radical (unpaired) electrons. The lowest BCUT2D eigenvalue weighted by Crippen LogP contribution is -2.53. The van der Waals surface area contributed by atoms with Crippen molar-refractivity contribution in [3.8, 4) is 0 Å². The third-order valence-electron chi connectivity index (χ3n) is 6.90. The third-order valence-corrected chi connectivity index (χ3v) is 6.90. The largest absolute Gasteiger partial charge is 0.360 e. The molecule has 166 valence electrons. The second-order valence-electron chi connectivity index (χ2n) is 9.50. The predicted molar refractivity (Wildman–Crippen MR) is 116 cm³/mol. The fourth-order valence-electron chi connectivity index (χ4n) is 5.51. The molecule has 1 N–H and O–H groups in total. The molecule has 2 bridgehead atoms. The molecule has 1 amide bonds. The number of amides is 1. The highest BCUT2D eigenvalue weighted by molar-refractivity contribution is 5.82. The van der Waals surface area contributed by atoms with Gasteiger partial charge in [-0.1, -0.05) is 11.2 Å². The average molecular weight is 426 g/mol. The summed E-state index contributed by atoms with van der Waals surface area (Å²) in [5.74, 6) is 1.63. The van der Waals surface area contributed by atoms with Gasteiger partial charge in [-0.3, -0.25) is 14.5 Å². The van der Waals surface area contributed by atoms with Gasteiger partial charge in [0.25, 0.3) is 5.56 Å². The fraction of sp³-hybridized carbons (Fsp3) is 0.609. The molecule has 0 spiro atoms. The van der Waals surface area contributed by atoms with Crippen molar-refractivity contribution in [1.29, 1.82) is 0 Å². The zero-order valence-electron chi connectivity index (χ0n) is 18.3. The fourth-order valence-corrected chi connectivity index (χ4v) is 5.51. The van der Waals surface area contributed by atoms with Crippen LogP contribution < -0.4 is 10.9 Å². The van der Waals surface area contributed by atoms with Crippen molar-refractivity contribution in [2.24, 2.45) is 5.92 Å². The molecule has 2 aromatic heterocycles. The van der Waals surface area contributed by atoms with E-state index < -0.39 is 0 Å². The van der Waals surface area contributed by atoms with Crippen LogP contribution >= 0.6 is 0 Å². The molecule has 3 aliphatic heterocycles. The molecule has 2 saturated heterocycles. The SMILES string of the molecule is Cc1cc(CN(C)Cc2ccc3n(c2=O)C[C@H]2C[C@@H]3CN(C(=O)[C@H]3CCCN3)C2)on1. The highest BCUT2D eigenvalue weighted by Crippen LogP contribution is 2.35. The van der Waals surface area contributed by atoms with Crippen molar-refractivity contribution in [2.75, 3.05) is 26.7 Å². The van der Waals surface area contributed by atoms with E-state index in [1.807, 2.05) is 35.6 Å². The first kappa shape index (κ1) is 20.5. The van der Waals surface area contributed by atoms with E-state index in [1.54, 1.807) is 0 Å². The van der Waals surface area contributed by atoms with E-state index >= 15 is 0 Å². The average Bonchev–Trinajstić information content (AvgIpc) is 3.42. The number of pyridine rings is 1. The standard InChI is InChI=1S/C23H31N5O3/c1-15-8-19(31-25-15)14-26(2)12-17-5-6-21-18-9-16(11-28(21)22(17)29)10-27(13-18)23(30)20-4-3-7-24-20/h5-6,8,16,18,20,24H,3-4,7,9-14H2,1-2H3/t16-,18+,20+/m0/s1. The summed E-state index contributed by atoms with van der Waals surface area (Å²) >= 11 is 0. The van der Waals surface area contributed by atoms with Crippen LogP contribution in [0.5, 0.6) is 0 Å². The summed E-state index contributed by atoms with van der Waals surface area (Å²) in [5, 5.41) is 7.26. The van der Waals surface area contributed by atoms with E-state index in [-0.39, 0.29) is 23.4 Å². The summed E-state index contributed by atoms with van der Waals surface area (Å²) in [7, 11) is 1.98. The van der Waals surface area contributed by atoms with Gasteiger partial charge in [-0.15, -0.1) is 0 Å². The number of hydrogen-bond acceptors (Lipinski definition) is 6. The van der Waals surface area contributed by atoms with E-state index in [1.165, 1.54) is 0 Å². The molecule has 5 heterocycles. The Hall–Kier alpha value is -2.45. The summed E-state index contributed by atoms with van der Waals surface area (Å²) < 4.78 is 7.27. The molecular formula is C23H31N5O3. The Kier molecular flexibility index (Phi) is 5.44. The van der Waals surface area contributed by atoms with Gasteiger partial charge in [0.15, 0.2) is 5.76 Å².